The molecule has 126 valence electrons. The van der Waals surface area contributed by atoms with Crippen LogP contribution in [-0.4, -0.2) is 47.6 Å². The normalized spacial score (nSPS) is 19.0. The summed E-state index contributed by atoms with van der Waals surface area (Å²) >= 11 is 0. The van der Waals surface area contributed by atoms with E-state index >= 15 is 0 Å². The maximum atomic E-state index is 11.4. The number of nitrogens with zero attached hydrogens (tertiary/aromatic N) is 4. The SMILES string of the molecule is Cc1noc(C)c1CN1Cc2ccnn2C(CNS(C)(=O)=O)C1. The Morgan fingerprint density at radius 3 is 2.87 bits per heavy atom. The molecule has 8 nitrogen and oxygen atoms in total. The van der Waals surface area contributed by atoms with Crippen LogP contribution in [0.15, 0.2) is 16.8 Å². The number of nitrogens with one attached hydrogen (secondary N) is 1. The molecular weight excluding hydrogens is 318 g/mol. The van der Waals surface area contributed by atoms with Gasteiger partial charge in [-0.3, -0.25) is 9.58 Å². The Balaban J connectivity index is 1.77. The van der Waals surface area contributed by atoms with Crippen molar-refractivity contribution in [3.05, 3.63) is 35.0 Å². The molecule has 0 radical (unpaired) electrons. The van der Waals surface area contributed by atoms with Crippen molar-refractivity contribution in [1.82, 2.24) is 24.6 Å². The summed E-state index contributed by atoms with van der Waals surface area (Å²) in [4.78, 5) is 2.26. The van der Waals surface area contributed by atoms with Gasteiger partial charge in [-0.15, -0.1) is 0 Å². The van der Waals surface area contributed by atoms with E-state index in [0.717, 1.165) is 35.8 Å². The minimum Gasteiger partial charge on any atom is -0.361 e. The summed E-state index contributed by atoms with van der Waals surface area (Å²) in [6.45, 7) is 6.36. The van der Waals surface area contributed by atoms with Gasteiger partial charge in [-0.05, 0) is 19.9 Å². The summed E-state index contributed by atoms with van der Waals surface area (Å²) in [7, 11) is -3.22. The molecule has 0 bridgehead atoms. The molecule has 1 N–H and O–H groups in total. The van der Waals surface area contributed by atoms with Crippen LogP contribution in [0.3, 0.4) is 0 Å². The summed E-state index contributed by atoms with van der Waals surface area (Å²) in [5.41, 5.74) is 3.06. The lowest BCUT2D eigenvalue weighted by molar-refractivity contribution is 0.167. The third-order valence-electron chi connectivity index (χ3n) is 4.10. The van der Waals surface area contributed by atoms with Gasteiger partial charge in [0.25, 0.3) is 0 Å². The van der Waals surface area contributed by atoms with Crippen LogP contribution in [0.4, 0.5) is 0 Å². The Bertz CT molecular complexity index is 776. The van der Waals surface area contributed by atoms with Gasteiger partial charge in [-0.1, -0.05) is 5.16 Å². The van der Waals surface area contributed by atoms with E-state index in [1.165, 1.54) is 6.26 Å². The third kappa shape index (κ3) is 3.62. The molecule has 0 aromatic carbocycles. The van der Waals surface area contributed by atoms with Gasteiger partial charge in [-0.2, -0.15) is 5.10 Å². The number of hydrogen-bond donors (Lipinski definition) is 1. The van der Waals surface area contributed by atoms with E-state index in [1.807, 2.05) is 24.6 Å². The predicted molar refractivity (Wildman–Crippen MR) is 84.2 cm³/mol. The highest BCUT2D eigenvalue weighted by Gasteiger charge is 2.27. The Morgan fingerprint density at radius 2 is 2.22 bits per heavy atom. The van der Waals surface area contributed by atoms with Crippen molar-refractivity contribution in [2.75, 3.05) is 19.3 Å². The molecule has 9 heteroatoms. The van der Waals surface area contributed by atoms with Gasteiger partial charge in [0.05, 0.1) is 23.7 Å². The molecule has 2 aromatic heterocycles. The van der Waals surface area contributed by atoms with E-state index in [-0.39, 0.29) is 6.04 Å². The molecule has 3 rings (SSSR count). The minimum absolute atomic E-state index is 0.0380. The molecule has 0 fully saturated rings. The smallest absolute Gasteiger partial charge is 0.208 e. The van der Waals surface area contributed by atoms with Gasteiger partial charge < -0.3 is 4.52 Å². The first kappa shape index (κ1) is 16.2. The fourth-order valence-corrected chi connectivity index (χ4v) is 3.43. The first-order valence-electron chi connectivity index (χ1n) is 7.44. The average molecular weight is 339 g/mol. The molecule has 0 aliphatic carbocycles. The van der Waals surface area contributed by atoms with Crippen molar-refractivity contribution in [3.63, 3.8) is 0 Å². The lowest BCUT2D eigenvalue weighted by Crippen LogP contribution is -2.42. The molecule has 0 saturated carbocycles. The van der Waals surface area contributed by atoms with Crippen LogP contribution in [0.1, 0.15) is 28.8 Å². The zero-order valence-electron chi connectivity index (χ0n) is 13.5. The summed E-state index contributed by atoms with van der Waals surface area (Å²) in [5, 5.41) is 8.32. The third-order valence-corrected chi connectivity index (χ3v) is 4.79. The van der Waals surface area contributed by atoms with E-state index < -0.39 is 10.0 Å². The maximum Gasteiger partial charge on any atom is 0.208 e. The maximum absolute atomic E-state index is 11.4. The quantitative estimate of drug-likeness (QED) is 0.857. The molecule has 2 aromatic rings. The zero-order valence-corrected chi connectivity index (χ0v) is 14.3. The molecule has 1 aliphatic heterocycles. The van der Waals surface area contributed by atoms with E-state index in [4.69, 9.17) is 4.52 Å². The van der Waals surface area contributed by atoms with Crippen molar-refractivity contribution < 1.29 is 12.9 Å². The van der Waals surface area contributed by atoms with E-state index in [9.17, 15) is 8.42 Å². The second kappa shape index (κ2) is 6.06. The fraction of sp³-hybridized carbons (Fsp3) is 0.571. The number of hydrogen-bond acceptors (Lipinski definition) is 6. The molecule has 0 spiro atoms. The molecule has 0 amide bonds. The van der Waals surface area contributed by atoms with Crippen molar-refractivity contribution in [3.8, 4) is 0 Å². The van der Waals surface area contributed by atoms with Crippen LogP contribution in [0.25, 0.3) is 0 Å². The lowest BCUT2D eigenvalue weighted by atomic mass is 10.1. The van der Waals surface area contributed by atoms with Crippen LogP contribution in [0.2, 0.25) is 0 Å². The molecule has 1 unspecified atom stereocenters. The van der Waals surface area contributed by atoms with Gasteiger partial charge in [0, 0.05) is 37.9 Å². The highest BCUT2D eigenvalue weighted by Crippen LogP contribution is 2.23. The summed E-state index contributed by atoms with van der Waals surface area (Å²) in [6.07, 6.45) is 2.92. The number of aromatic nitrogens is 3. The summed E-state index contributed by atoms with van der Waals surface area (Å²) < 4.78 is 32.5. The first-order valence-corrected chi connectivity index (χ1v) is 9.34. The Labute approximate surface area is 135 Å². The average Bonchev–Trinajstić information content (AvgIpc) is 3.05. The fourth-order valence-electron chi connectivity index (χ4n) is 2.93. The Morgan fingerprint density at radius 1 is 1.43 bits per heavy atom. The predicted octanol–water partition coefficient (Wildman–Crippen LogP) is 0.594. The van der Waals surface area contributed by atoms with E-state index in [1.54, 1.807) is 6.20 Å². The second-order valence-corrected chi connectivity index (χ2v) is 7.85. The van der Waals surface area contributed by atoms with Gasteiger partial charge in [0.15, 0.2) is 0 Å². The highest BCUT2D eigenvalue weighted by atomic mass is 32.2. The van der Waals surface area contributed by atoms with Crippen LogP contribution >= 0.6 is 0 Å². The molecule has 0 saturated heterocycles. The number of fused-ring (bicyclic) bond motifs is 1. The molecule has 1 atom stereocenters. The first-order chi connectivity index (χ1) is 10.8. The largest absolute Gasteiger partial charge is 0.361 e. The molecular formula is C14H21N5O3S. The van der Waals surface area contributed by atoms with Crippen molar-refractivity contribution in [2.24, 2.45) is 0 Å². The Hall–Kier alpha value is -1.71. The molecule has 23 heavy (non-hydrogen) atoms. The van der Waals surface area contributed by atoms with Crippen LogP contribution in [0.5, 0.6) is 0 Å². The van der Waals surface area contributed by atoms with Gasteiger partial charge in [0.1, 0.15) is 5.76 Å². The number of aryl methyl sites for hydroxylation is 2. The van der Waals surface area contributed by atoms with Gasteiger partial charge >= 0.3 is 0 Å². The zero-order chi connectivity index (χ0) is 16.6. The summed E-state index contributed by atoms with van der Waals surface area (Å²) in [5.74, 6) is 0.826. The van der Waals surface area contributed by atoms with Gasteiger partial charge in [0.2, 0.25) is 10.0 Å². The molecule has 1 aliphatic rings. The van der Waals surface area contributed by atoms with Crippen molar-refractivity contribution in [1.29, 1.82) is 0 Å². The number of rotatable bonds is 5. The van der Waals surface area contributed by atoms with E-state index in [0.29, 0.717) is 13.1 Å². The minimum atomic E-state index is -3.22. The summed E-state index contributed by atoms with van der Waals surface area (Å²) in [6, 6.07) is 1.93. The lowest BCUT2D eigenvalue weighted by Gasteiger charge is -2.33. The monoisotopic (exact) mass is 339 g/mol. The molecule has 3 heterocycles. The standard InChI is InChI=1S/C14H21N5O3S/c1-10-14(11(2)22-17-10)9-18-7-12-4-5-15-19(12)13(8-18)6-16-23(3,20)21/h4-5,13,16H,6-9H2,1-3H3. The van der Waals surface area contributed by atoms with Crippen molar-refractivity contribution in [2.45, 2.75) is 33.0 Å². The second-order valence-electron chi connectivity index (χ2n) is 6.01. The van der Waals surface area contributed by atoms with Crippen molar-refractivity contribution >= 4 is 10.0 Å². The topological polar surface area (TPSA) is 93.3 Å². The van der Waals surface area contributed by atoms with Gasteiger partial charge in [-0.25, -0.2) is 13.1 Å². The van der Waals surface area contributed by atoms with Crippen LogP contribution in [-0.2, 0) is 23.1 Å². The Kier molecular flexibility index (Phi) is 4.26. The van der Waals surface area contributed by atoms with E-state index in [2.05, 4.69) is 19.9 Å². The van der Waals surface area contributed by atoms with Crippen LogP contribution < -0.4 is 4.72 Å². The number of sulfonamides is 1. The highest BCUT2D eigenvalue weighted by molar-refractivity contribution is 7.88. The van der Waals surface area contributed by atoms with Crippen LogP contribution in [0, 0.1) is 13.8 Å².